The summed E-state index contributed by atoms with van der Waals surface area (Å²) in [5.74, 6) is -0.977. The summed E-state index contributed by atoms with van der Waals surface area (Å²) in [7, 11) is 1.36. The Morgan fingerprint density at radius 2 is 1.83 bits per heavy atom. The van der Waals surface area contributed by atoms with Gasteiger partial charge in [0, 0.05) is 22.2 Å². The third-order valence-electron chi connectivity index (χ3n) is 6.54. The number of esters is 1. The number of methoxy groups -OCH3 is 1. The van der Waals surface area contributed by atoms with E-state index in [2.05, 4.69) is 17.3 Å². The second-order valence-electron chi connectivity index (χ2n) is 7.91. The number of hydrogen-bond acceptors (Lipinski definition) is 5. The van der Waals surface area contributed by atoms with E-state index in [1.54, 1.807) is 6.21 Å². The van der Waals surface area contributed by atoms with E-state index in [9.17, 15) is 14.4 Å². The molecule has 7 heteroatoms. The molecule has 1 aromatic heterocycles. The van der Waals surface area contributed by atoms with Crippen LogP contribution in [-0.2, 0) is 25.7 Å². The minimum absolute atomic E-state index is 0.0808. The summed E-state index contributed by atoms with van der Waals surface area (Å²) < 4.78 is 6.66. The van der Waals surface area contributed by atoms with Crippen molar-refractivity contribution in [2.45, 2.75) is 19.9 Å². The largest absolute Gasteiger partial charge is 0.468 e. The summed E-state index contributed by atoms with van der Waals surface area (Å²) in [6, 6.07) is 7.65. The lowest BCUT2D eigenvalue weighted by Crippen LogP contribution is -2.28. The van der Waals surface area contributed by atoms with Crippen LogP contribution in [0.3, 0.4) is 0 Å². The number of imide groups is 1. The summed E-state index contributed by atoms with van der Waals surface area (Å²) in [6.45, 7) is 1.97. The van der Waals surface area contributed by atoms with Crippen LogP contribution in [-0.4, -0.2) is 40.7 Å². The van der Waals surface area contributed by atoms with Crippen LogP contribution in [0, 0.1) is 30.6 Å². The van der Waals surface area contributed by atoms with E-state index < -0.39 is 0 Å². The molecule has 1 aliphatic heterocycles. The molecule has 4 atom stereocenters. The van der Waals surface area contributed by atoms with Crippen LogP contribution >= 0.6 is 0 Å². The number of benzene rings is 1. The van der Waals surface area contributed by atoms with E-state index in [4.69, 9.17) is 4.74 Å². The van der Waals surface area contributed by atoms with Crippen LogP contribution in [0.5, 0.6) is 0 Å². The molecule has 2 amide bonds. The summed E-state index contributed by atoms with van der Waals surface area (Å²) in [5.41, 5.74) is 2.47. The number of hydrogen-bond donors (Lipinski definition) is 0. The lowest BCUT2D eigenvalue weighted by atomic mass is 9.85. The van der Waals surface area contributed by atoms with Gasteiger partial charge in [0.15, 0.2) is 0 Å². The van der Waals surface area contributed by atoms with Crippen molar-refractivity contribution in [1.82, 2.24) is 9.58 Å². The predicted molar refractivity (Wildman–Crippen MR) is 106 cm³/mol. The maximum Gasteiger partial charge on any atom is 0.325 e. The second-order valence-corrected chi connectivity index (χ2v) is 7.91. The van der Waals surface area contributed by atoms with Crippen molar-refractivity contribution in [2.24, 2.45) is 28.8 Å². The van der Waals surface area contributed by atoms with Crippen molar-refractivity contribution >= 4 is 34.9 Å². The van der Waals surface area contributed by atoms with Gasteiger partial charge in [-0.25, -0.2) is 0 Å². The van der Waals surface area contributed by atoms with Gasteiger partial charge in [0.1, 0.15) is 6.54 Å². The number of fused-ring (bicyclic) bond motifs is 6. The molecular weight excluding hydrogens is 370 g/mol. The van der Waals surface area contributed by atoms with Gasteiger partial charge in [-0.1, -0.05) is 30.4 Å². The van der Waals surface area contributed by atoms with Crippen LogP contribution in [0.1, 0.15) is 17.7 Å². The van der Waals surface area contributed by atoms with Gasteiger partial charge in [0.25, 0.3) is 11.8 Å². The zero-order valence-corrected chi connectivity index (χ0v) is 16.2. The average molecular weight is 391 g/mol. The van der Waals surface area contributed by atoms with E-state index in [0.717, 1.165) is 33.6 Å². The van der Waals surface area contributed by atoms with E-state index >= 15 is 0 Å². The fourth-order valence-corrected chi connectivity index (χ4v) is 5.13. The molecule has 1 saturated carbocycles. The van der Waals surface area contributed by atoms with Gasteiger partial charge in [0.2, 0.25) is 0 Å². The zero-order chi connectivity index (χ0) is 20.3. The van der Waals surface area contributed by atoms with Crippen LogP contribution in [0.2, 0.25) is 0 Å². The van der Waals surface area contributed by atoms with E-state index in [1.807, 2.05) is 35.8 Å². The molecule has 5 rings (SSSR count). The number of para-hydroxylation sites is 1. The lowest BCUT2D eigenvalue weighted by Gasteiger charge is -2.13. The number of ether oxygens (including phenoxy) is 1. The topological polar surface area (TPSA) is 81.0 Å². The standard InChI is InChI=1S/C22H21N3O4/c1-12-16(15-5-3-4-6-17(15)24(12)11-18(26)29-2)10-23-25-21(27)19-13-7-8-14(9-13)20(19)22(25)28/h3-8,10,13-14,19-20H,9,11H2,1-2H3. The molecule has 29 heavy (non-hydrogen) atoms. The van der Waals surface area contributed by atoms with Crippen LogP contribution < -0.4 is 0 Å². The number of allylic oxidation sites excluding steroid dienone is 2. The fourth-order valence-electron chi connectivity index (χ4n) is 5.13. The van der Waals surface area contributed by atoms with Crippen LogP contribution in [0.25, 0.3) is 10.9 Å². The Morgan fingerprint density at radius 3 is 2.48 bits per heavy atom. The first-order valence-electron chi connectivity index (χ1n) is 9.76. The van der Waals surface area contributed by atoms with Crippen molar-refractivity contribution in [2.75, 3.05) is 7.11 Å². The van der Waals surface area contributed by atoms with Gasteiger partial charge in [-0.2, -0.15) is 10.1 Å². The highest BCUT2D eigenvalue weighted by Crippen LogP contribution is 2.52. The Morgan fingerprint density at radius 1 is 1.17 bits per heavy atom. The Labute approximate surface area is 167 Å². The SMILES string of the molecule is COC(=O)Cn1c(C)c(C=NN2C(=O)C3C4C=CC(C4)C3C2=O)c2ccccc21. The van der Waals surface area contributed by atoms with Gasteiger partial charge in [-0.05, 0) is 31.2 Å². The number of carbonyl (C=O) groups is 3. The van der Waals surface area contributed by atoms with Crippen molar-refractivity contribution in [1.29, 1.82) is 0 Å². The van der Waals surface area contributed by atoms with Crippen molar-refractivity contribution in [3.05, 3.63) is 47.7 Å². The quantitative estimate of drug-likeness (QED) is 0.347. The van der Waals surface area contributed by atoms with Crippen molar-refractivity contribution in [3.63, 3.8) is 0 Å². The molecule has 2 heterocycles. The van der Waals surface area contributed by atoms with Crippen molar-refractivity contribution < 1.29 is 19.1 Å². The molecule has 1 saturated heterocycles. The summed E-state index contributed by atoms with van der Waals surface area (Å²) in [6.07, 6.45) is 6.59. The summed E-state index contributed by atoms with van der Waals surface area (Å²) in [4.78, 5) is 37.5. The molecule has 148 valence electrons. The zero-order valence-electron chi connectivity index (χ0n) is 16.2. The molecule has 0 N–H and O–H groups in total. The third-order valence-corrected chi connectivity index (χ3v) is 6.54. The Bertz CT molecular complexity index is 1080. The highest BCUT2D eigenvalue weighted by Gasteiger charge is 2.59. The van der Waals surface area contributed by atoms with Crippen LogP contribution in [0.15, 0.2) is 41.5 Å². The van der Waals surface area contributed by atoms with E-state index in [0.29, 0.717) is 0 Å². The first-order valence-corrected chi connectivity index (χ1v) is 9.76. The van der Waals surface area contributed by atoms with Crippen LogP contribution in [0.4, 0.5) is 0 Å². The highest BCUT2D eigenvalue weighted by atomic mass is 16.5. The predicted octanol–water partition coefficient (Wildman–Crippen LogP) is 2.26. The fraction of sp³-hybridized carbons (Fsp3) is 0.364. The number of amides is 2. The lowest BCUT2D eigenvalue weighted by molar-refractivity contribution is -0.142. The molecule has 3 aliphatic rings. The number of nitrogens with zero attached hydrogens (tertiary/aromatic N) is 3. The molecule has 7 nitrogen and oxygen atoms in total. The minimum atomic E-state index is -0.349. The summed E-state index contributed by atoms with van der Waals surface area (Å²) in [5, 5.41) is 6.26. The first kappa shape index (κ1) is 17.8. The molecule has 2 fully saturated rings. The Balaban J connectivity index is 1.50. The highest BCUT2D eigenvalue weighted by molar-refractivity contribution is 6.08. The second kappa shape index (κ2) is 6.40. The average Bonchev–Trinajstić information content (AvgIpc) is 3.46. The smallest absolute Gasteiger partial charge is 0.325 e. The van der Waals surface area contributed by atoms with E-state index in [1.165, 1.54) is 7.11 Å². The van der Waals surface area contributed by atoms with E-state index in [-0.39, 0.29) is 48.0 Å². The third kappa shape index (κ3) is 2.50. The summed E-state index contributed by atoms with van der Waals surface area (Å²) >= 11 is 0. The minimum Gasteiger partial charge on any atom is -0.468 e. The maximum absolute atomic E-state index is 12.8. The maximum atomic E-state index is 12.8. The molecule has 2 aromatic rings. The normalized spacial score (nSPS) is 27.6. The van der Waals surface area contributed by atoms with Gasteiger partial charge < -0.3 is 9.30 Å². The van der Waals surface area contributed by atoms with Gasteiger partial charge in [-0.15, -0.1) is 0 Å². The molecule has 0 radical (unpaired) electrons. The molecule has 4 unspecified atom stereocenters. The number of aromatic nitrogens is 1. The molecular formula is C22H21N3O4. The molecule has 1 aromatic carbocycles. The Kier molecular flexibility index (Phi) is 3.94. The molecule has 0 spiro atoms. The molecule has 2 bridgehead atoms. The number of rotatable bonds is 4. The monoisotopic (exact) mass is 391 g/mol. The van der Waals surface area contributed by atoms with Crippen molar-refractivity contribution in [3.8, 4) is 0 Å². The molecule has 2 aliphatic carbocycles. The van der Waals surface area contributed by atoms with Gasteiger partial charge in [0.05, 0.1) is 25.2 Å². The number of hydrazone groups is 1. The first-order chi connectivity index (χ1) is 14.0. The van der Waals surface area contributed by atoms with Gasteiger partial charge >= 0.3 is 5.97 Å². The van der Waals surface area contributed by atoms with Gasteiger partial charge in [-0.3, -0.25) is 14.4 Å². The Hall–Kier alpha value is -3.22. The number of carbonyl (C=O) groups excluding carboxylic acids is 3.